The summed E-state index contributed by atoms with van der Waals surface area (Å²) in [6.45, 7) is 3.95. The Morgan fingerprint density at radius 1 is 1.07 bits per heavy atom. The van der Waals surface area contributed by atoms with Gasteiger partial charge in [-0.25, -0.2) is 0 Å². The summed E-state index contributed by atoms with van der Waals surface area (Å²) in [7, 11) is 0. The standard InChI is InChI=1S/C28H46O/c1-18(2)19(3)7-8-20(4)24-11-12-25-23-10-9-21-17-22(29)13-15-27(21,5)26(23)14-16-28(24,25)6/h7-9,18-20,22-26,29H,10-17H2,1-6H3/b8-7+/t19-,20-,22+,23+,24-,25+,26+,27+,28-/m1/s1/i1D3,2D3. The van der Waals surface area contributed by atoms with E-state index in [4.69, 9.17) is 8.22 Å². The van der Waals surface area contributed by atoms with E-state index in [1.807, 2.05) is 6.08 Å². The van der Waals surface area contributed by atoms with Crippen LogP contribution in [0.25, 0.3) is 0 Å². The van der Waals surface area contributed by atoms with Crippen molar-refractivity contribution in [1.82, 2.24) is 0 Å². The summed E-state index contributed by atoms with van der Waals surface area (Å²) in [6.07, 6.45) is 15.3. The molecular formula is C28H46O. The first-order valence-corrected chi connectivity index (χ1v) is 12.1. The molecule has 0 spiro atoms. The fourth-order valence-electron chi connectivity index (χ4n) is 8.14. The van der Waals surface area contributed by atoms with Crippen LogP contribution in [0.3, 0.4) is 0 Å². The summed E-state index contributed by atoms with van der Waals surface area (Å²) in [4.78, 5) is 0. The zero-order chi connectivity index (χ0) is 26.0. The van der Waals surface area contributed by atoms with E-state index in [9.17, 15) is 5.11 Å². The van der Waals surface area contributed by atoms with Crippen LogP contribution in [0.1, 0.15) is 101 Å². The fourth-order valence-corrected chi connectivity index (χ4v) is 8.14. The molecule has 0 heterocycles. The Kier molecular flexibility index (Phi) is 4.13. The molecule has 0 aliphatic heterocycles. The molecule has 0 bridgehead atoms. The molecule has 0 aromatic rings. The van der Waals surface area contributed by atoms with Gasteiger partial charge in [-0.05, 0) is 104 Å². The van der Waals surface area contributed by atoms with Gasteiger partial charge in [0.25, 0.3) is 0 Å². The van der Waals surface area contributed by atoms with Crippen LogP contribution < -0.4 is 0 Å². The van der Waals surface area contributed by atoms with Gasteiger partial charge >= 0.3 is 0 Å². The summed E-state index contributed by atoms with van der Waals surface area (Å²) in [5.41, 5.74) is 2.04. The van der Waals surface area contributed by atoms with Crippen molar-refractivity contribution < 1.29 is 13.3 Å². The summed E-state index contributed by atoms with van der Waals surface area (Å²) in [5, 5.41) is 10.2. The van der Waals surface area contributed by atoms with Gasteiger partial charge in [0.1, 0.15) is 0 Å². The fraction of sp³-hybridized carbons (Fsp3) is 0.857. The Morgan fingerprint density at radius 2 is 1.86 bits per heavy atom. The second-order valence-electron chi connectivity index (χ2n) is 11.5. The first-order chi connectivity index (χ1) is 16.1. The van der Waals surface area contributed by atoms with Crippen LogP contribution in [0.15, 0.2) is 23.8 Å². The number of hydrogen-bond donors (Lipinski definition) is 1. The average Bonchev–Trinajstić information content (AvgIpc) is 3.07. The maximum Gasteiger partial charge on any atom is 0.0577 e. The van der Waals surface area contributed by atoms with Crippen molar-refractivity contribution >= 4 is 0 Å². The van der Waals surface area contributed by atoms with E-state index in [1.54, 1.807) is 6.92 Å². The molecule has 164 valence electrons. The highest BCUT2D eigenvalue weighted by Crippen LogP contribution is 2.67. The minimum Gasteiger partial charge on any atom is -0.393 e. The molecule has 4 aliphatic carbocycles. The van der Waals surface area contributed by atoms with Gasteiger partial charge in [0.05, 0.1) is 6.10 Å². The van der Waals surface area contributed by atoms with E-state index in [-0.39, 0.29) is 16.9 Å². The highest BCUT2D eigenvalue weighted by Gasteiger charge is 2.58. The highest BCUT2D eigenvalue weighted by molar-refractivity contribution is 5.25. The molecule has 1 heteroatoms. The molecule has 4 rings (SSSR count). The van der Waals surface area contributed by atoms with Crippen LogP contribution in [-0.2, 0) is 0 Å². The van der Waals surface area contributed by atoms with Gasteiger partial charge in [0.2, 0.25) is 0 Å². The zero-order valence-electron chi connectivity index (χ0n) is 25.0. The monoisotopic (exact) mass is 404 g/mol. The Morgan fingerprint density at radius 3 is 2.62 bits per heavy atom. The van der Waals surface area contributed by atoms with Crippen LogP contribution in [0, 0.1) is 52.3 Å². The lowest BCUT2D eigenvalue weighted by atomic mass is 9.47. The molecule has 29 heavy (non-hydrogen) atoms. The van der Waals surface area contributed by atoms with E-state index in [0.717, 1.165) is 31.6 Å². The highest BCUT2D eigenvalue weighted by atomic mass is 16.3. The van der Waals surface area contributed by atoms with Crippen molar-refractivity contribution in [2.45, 2.75) is 98.9 Å². The second-order valence-corrected chi connectivity index (χ2v) is 11.5. The number of aliphatic hydroxyl groups excluding tert-OH is 1. The van der Waals surface area contributed by atoms with Crippen LogP contribution in [0.4, 0.5) is 0 Å². The van der Waals surface area contributed by atoms with Crippen molar-refractivity contribution in [3.63, 3.8) is 0 Å². The van der Waals surface area contributed by atoms with Gasteiger partial charge in [-0.2, -0.15) is 0 Å². The van der Waals surface area contributed by atoms with Crippen LogP contribution in [0.5, 0.6) is 0 Å². The predicted molar refractivity (Wildman–Crippen MR) is 124 cm³/mol. The van der Waals surface area contributed by atoms with E-state index >= 15 is 0 Å². The smallest absolute Gasteiger partial charge is 0.0577 e. The molecule has 0 radical (unpaired) electrons. The van der Waals surface area contributed by atoms with Crippen LogP contribution >= 0.6 is 0 Å². The molecule has 0 saturated heterocycles. The molecule has 1 N–H and O–H groups in total. The van der Waals surface area contributed by atoms with Gasteiger partial charge in [-0.15, -0.1) is 0 Å². The molecule has 9 atom stereocenters. The lowest BCUT2D eigenvalue weighted by Gasteiger charge is -2.58. The van der Waals surface area contributed by atoms with Gasteiger partial charge in [-0.1, -0.05) is 65.2 Å². The number of fused-ring (bicyclic) bond motifs is 5. The van der Waals surface area contributed by atoms with E-state index < -0.39 is 25.5 Å². The zero-order valence-corrected chi connectivity index (χ0v) is 19.0. The van der Waals surface area contributed by atoms with Crippen LogP contribution in [-0.4, -0.2) is 11.2 Å². The number of aliphatic hydroxyl groups is 1. The van der Waals surface area contributed by atoms with Gasteiger partial charge in [0.15, 0.2) is 0 Å². The molecule has 3 fully saturated rings. The van der Waals surface area contributed by atoms with E-state index in [0.29, 0.717) is 23.7 Å². The van der Waals surface area contributed by atoms with Crippen molar-refractivity contribution in [2.75, 3.05) is 0 Å². The lowest BCUT2D eigenvalue weighted by Crippen LogP contribution is -2.50. The largest absolute Gasteiger partial charge is 0.393 e. The molecule has 0 amide bonds. The van der Waals surface area contributed by atoms with E-state index in [1.165, 1.54) is 31.3 Å². The quantitative estimate of drug-likeness (QED) is 0.484. The molecular weight excluding hydrogens is 352 g/mol. The van der Waals surface area contributed by atoms with E-state index in [2.05, 4.69) is 32.9 Å². The maximum absolute atomic E-state index is 10.2. The van der Waals surface area contributed by atoms with Crippen molar-refractivity contribution in [3.05, 3.63) is 23.8 Å². The van der Waals surface area contributed by atoms with Crippen molar-refractivity contribution in [2.24, 2.45) is 52.3 Å². The van der Waals surface area contributed by atoms with Crippen molar-refractivity contribution in [3.8, 4) is 0 Å². The molecule has 0 unspecified atom stereocenters. The third-order valence-corrected chi connectivity index (χ3v) is 10.0. The third-order valence-electron chi connectivity index (χ3n) is 10.0. The van der Waals surface area contributed by atoms with Gasteiger partial charge < -0.3 is 5.11 Å². The number of hydrogen-bond acceptors (Lipinski definition) is 1. The molecule has 0 aromatic heterocycles. The van der Waals surface area contributed by atoms with Gasteiger partial charge in [0, 0.05) is 8.22 Å². The van der Waals surface area contributed by atoms with Crippen LogP contribution in [0.2, 0.25) is 0 Å². The summed E-state index contributed by atoms with van der Waals surface area (Å²) < 4.78 is 46.7. The minimum atomic E-state index is -2.50. The Labute approximate surface area is 188 Å². The maximum atomic E-state index is 10.2. The lowest BCUT2D eigenvalue weighted by molar-refractivity contribution is -0.0540. The molecule has 3 saturated carbocycles. The normalized spacial score (nSPS) is 50.7. The summed E-state index contributed by atoms with van der Waals surface area (Å²) >= 11 is 0. The Balaban J connectivity index is 1.50. The number of allylic oxidation sites excluding steroid dienone is 3. The first-order valence-electron chi connectivity index (χ1n) is 15.1. The SMILES string of the molecule is [2H]C([2H])([2H])C([C@H](C)/C=C/[C@@H](C)[C@H]1CC[C@H]2[C@@H]3CC=C4C[C@@H](O)CC[C@]4(C)[C@H]3CC[C@]12C)C([2H])([2H])[2H]. The Bertz CT molecular complexity index is 829. The first kappa shape index (κ1) is 15.3. The molecule has 4 aliphatic rings. The topological polar surface area (TPSA) is 20.2 Å². The predicted octanol–water partition coefficient (Wildman–Crippen LogP) is 7.41. The summed E-state index contributed by atoms with van der Waals surface area (Å²) in [5.74, 6) is 1.12. The Hall–Kier alpha value is -0.560. The molecule has 1 nitrogen and oxygen atoms in total. The third kappa shape index (κ3) is 3.58. The second kappa shape index (κ2) is 7.85. The number of rotatable bonds is 4. The molecule has 0 aromatic carbocycles. The summed E-state index contributed by atoms with van der Waals surface area (Å²) in [6, 6.07) is 0. The minimum absolute atomic E-state index is 0.166. The van der Waals surface area contributed by atoms with Crippen molar-refractivity contribution in [1.29, 1.82) is 0 Å². The van der Waals surface area contributed by atoms with Gasteiger partial charge in [-0.3, -0.25) is 0 Å². The average molecular weight is 405 g/mol.